The highest BCUT2D eigenvalue weighted by atomic mass is 79.9. The number of alkyl halides is 3. The van der Waals surface area contributed by atoms with Crippen molar-refractivity contribution in [1.29, 1.82) is 0 Å². The number of pyridine rings is 1. The molecule has 0 unspecified atom stereocenters. The van der Waals surface area contributed by atoms with Gasteiger partial charge in [0.05, 0.1) is 22.2 Å². The summed E-state index contributed by atoms with van der Waals surface area (Å²) in [5.41, 5.74) is 3.44. The molecule has 11 heteroatoms. The van der Waals surface area contributed by atoms with Gasteiger partial charge in [0.2, 0.25) is 11.7 Å². The van der Waals surface area contributed by atoms with E-state index in [1.165, 1.54) is 18.4 Å². The molecule has 0 bridgehead atoms. The summed E-state index contributed by atoms with van der Waals surface area (Å²) in [5.74, 6) is -0.273. The Balaban J connectivity index is 1.18. The number of piperidine rings is 1. The summed E-state index contributed by atoms with van der Waals surface area (Å²) in [6, 6.07) is 6.57. The highest BCUT2D eigenvalue weighted by molar-refractivity contribution is 9.10. The molecule has 3 aromatic rings. The van der Waals surface area contributed by atoms with Crippen LogP contribution < -0.4 is 4.90 Å². The molecule has 0 spiro atoms. The summed E-state index contributed by atoms with van der Waals surface area (Å²) >= 11 is 3.70. The van der Waals surface area contributed by atoms with Crippen LogP contribution in [-0.2, 0) is 24.1 Å². The minimum atomic E-state index is -4.55. The monoisotopic (exact) mass is 562 g/mol. The molecular weight excluding hydrogens is 537 g/mol. The highest BCUT2D eigenvalue weighted by Gasteiger charge is 2.41. The Morgan fingerprint density at radius 1 is 1.11 bits per heavy atom. The third kappa shape index (κ3) is 4.14. The summed E-state index contributed by atoms with van der Waals surface area (Å²) in [4.78, 5) is 22.0. The van der Waals surface area contributed by atoms with Crippen molar-refractivity contribution in [3.05, 3.63) is 46.1 Å². The van der Waals surface area contributed by atoms with Gasteiger partial charge in [0.25, 0.3) is 0 Å². The van der Waals surface area contributed by atoms with Crippen LogP contribution in [-0.4, -0.2) is 50.2 Å². The second-order valence-corrected chi connectivity index (χ2v) is 11.0. The number of carbonyl (C=O) groups is 1. The van der Waals surface area contributed by atoms with Crippen LogP contribution in [0.1, 0.15) is 49.3 Å². The average molecular weight is 563 g/mol. The van der Waals surface area contributed by atoms with E-state index in [9.17, 15) is 18.0 Å². The second kappa shape index (κ2) is 8.71. The minimum absolute atomic E-state index is 0.0160. The van der Waals surface area contributed by atoms with Crippen LogP contribution in [0.5, 0.6) is 0 Å². The van der Waals surface area contributed by atoms with Crippen molar-refractivity contribution >= 4 is 38.4 Å². The molecule has 7 nitrogen and oxygen atoms in total. The average Bonchev–Trinajstić information content (AvgIpc) is 3.60. The van der Waals surface area contributed by atoms with Crippen molar-refractivity contribution < 1.29 is 18.0 Å². The van der Waals surface area contributed by atoms with E-state index in [4.69, 9.17) is 0 Å². The molecule has 1 saturated heterocycles. The van der Waals surface area contributed by atoms with E-state index < -0.39 is 12.0 Å². The van der Waals surface area contributed by atoms with Crippen molar-refractivity contribution in [3.63, 3.8) is 0 Å². The van der Waals surface area contributed by atoms with Gasteiger partial charge in [-0.25, -0.2) is 0 Å². The largest absolute Gasteiger partial charge is 0.451 e. The summed E-state index contributed by atoms with van der Waals surface area (Å²) in [6.45, 7) is 3.83. The first-order valence-corrected chi connectivity index (χ1v) is 13.1. The highest BCUT2D eigenvalue weighted by Crippen LogP contribution is 2.43. The van der Waals surface area contributed by atoms with Crippen LogP contribution in [0.15, 0.2) is 28.9 Å². The quantitative estimate of drug-likeness (QED) is 0.450. The van der Waals surface area contributed by atoms with Crippen LogP contribution in [0.4, 0.5) is 18.9 Å². The molecule has 0 radical (unpaired) electrons. The first kappa shape index (κ1) is 23.7. The molecule has 190 valence electrons. The lowest BCUT2D eigenvalue weighted by molar-refractivity contribution is -0.148. The fourth-order valence-electron chi connectivity index (χ4n) is 5.67. The summed E-state index contributed by atoms with van der Waals surface area (Å²) < 4.78 is 41.5. The lowest BCUT2D eigenvalue weighted by Gasteiger charge is -2.40. The van der Waals surface area contributed by atoms with Gasteiger partial charge in [0.1, 0.15) is 0 Å². The molecule has 2 aliphatic heterocycles. The maximum atomic E-state index is 13.4. The SMILES string of the molecule is C[C@@H]1CN(c2c(Br)cnc3cc(C4CC4)ccc23)CC[C@@H]1C(=O)N1CCn2c(nnc2C(F)(F)F)C1. The van der Waals surface area contributed by atoms with E-state index in [2.05, 4.69) is 61.1 Å². The lowest BCUT2D eigenvalue weighted by Crippen LogP contribution is -2.49. The Labute approximate surface area is 214 Å². The van der Waals surface area contributed by atoms with Gasteiger partial charge in [-0.15, -0.1) is 10.2 Å². The molecule has 1 amide bonds. The topological polar surface area (TPSA) is 67.2 Å². The van der Waals surface area contributed by atoms with Gasteiger partial charge in [-0.2, -0.15) is 13.2 Å². The van der Waals surface area contributed by atoms with Gasteiger partial charge in [-0.05, 0) is 58.7 Å². The Bertz CT molecular complexity index is 1340. The lowest BCUT2D eigenvalue weighted by atomic mass is 9.85. The number of amides is 1. The molecule has 2 aromatic heterocycles. The third-order valence-corrected chi connectivity index (χ3v) is 8.31. The van der Waals surface area contributed by atoms with Crippen LogP contribution in [0.2, 0.25) is 0 Å². The van der Waals surface area contributed by atoms with Gasteiger partial charge < -0.3 is 14.4 Å². The molecule has 6 rings (SSSR count). The number of benzene rings is 1. The van der Waals surface area contributed by atoms with Crippen LogP contribution in [0.25, 0.3) is 10.9 Å². The van der Waals surface area contributed by atoms with E-state index in [-0.39, 0.29) is 43.2 Å². The van der Waals surface area contributed by atoms with E-state index >= 15 is 0 Å². The smallest absolute Gasteiger partial charge is 0.370 e. The number of carbonyl (C=O) groups excluding carboxylic acids is 1. The number of fused-ring (bicyclic) bond motifs is 2. The number of nitrogens with zero attached hydrogens (tertiary/aromatic N) is 6. The van der Waals surface area contributed by atoms with Crippen LogP contribution >= 0.6 is 15.9 Å². The molecule has 1 saturated carbocycles. The van der Waals surface area contributed by atoms with Crippen molar-refractivity contribution in [2.75, 3.05) is 24.5 Å². The Morgan fingerprint density at radius 2 is 1.92 bits per heavy atom. The molecule has 36 heavy (non-hydrogen) atoms. The first-order chi connectivity index (χ1) is 17.2. The summed E-state index contributed by atoms with van der Waals surface area (Å²) in [6.07, 6.45) is 0.464. The van der Waals surface area contributed by atoms with Gasteiger partial charge in [0.15, 0.2) is 5.82 Å². The molecular formula is C25H26BrF3N6O. The van der Waals surface area contributed by atoms with Gasteiger partial charge in [-0.3, -0.25) is 9.78 Å². The maximum absolute atomic E-state index is 13.4. The Kier molecular flexibility index (Phi) is 5.73. The van der Waals surface area contributed by atoms with Gasteiger partial charge in [0, 0.05) is 43.7 Å². The second-order valence-electron chi connectivity index (χ2n) is 10.2. The van der Waals surface area contributed by atoms with E-state index in [1.54, 1.807) is 4.90 Å². The van der Waals surface area contributed by atoms with E-state index in [1.807, 2.05) is 6.20 Å². The molecule has 2 fully saturated rings. The fourth-order valence-corrected chi connectivity index (χ4v) is 6.24. The zero-order valence-corrected chi connectivity index (χ0v) is 21.4. The first-order valence-electron chi connectivity index (χ1n) is 12.3. The van der Waals surface area contributed by atoms with Crippen LogP contribution in [0, 0.1) is 11.8 Å². The molecule has 1 aliphatic carbocycles. The zero-order chi connectivity index (χ0) is 25.2. The normalized spacial score (nSPS) is 22.7. The molecule has 2 atom stereocenters. The standard InChI is InChI=1S/C25H26BrF3N6O/c1-14-12-33(22-18-5-4-16(15-2-3-15)10-20(18)30-11-19(22)26)7-6-17(14)23(36)34-8-9-35-21(13-34)31-32-24(35)25(27,28)29/h4-5,10-11,14-15,17H,2-3,6-9,12-13H2,1H3/t14-,17+/m1/s1. The van der Waals surface area contributed by atoms with Crippen molar-refractivity contribution in [1.82, 2.24) is 24.6 Å². The Hall–Kier alpha value is -2.69. The van der Waals surface area contributed by atoms with E-state index in [0.717, 1.165) is 25.6 Å². The summed E-state index contributed by atoms with van der Waals surface area (Å²) in [7, 11) is 0. The van der Waals surface area contributed by atoms with Crippen LogP contribution in [0.3, 0.4) is 0 Å². The van der Waals surface area contributed by atoms with E-state index in [0.29, 0.717) is 25.4 Å². The predicted molar refractivity (Wildman–Crippen MR) is 131 cm³/mol. The predicted octanol–water partition coefficient (Wildman–Crippen LogP) is 4.99. The third-order valence-electron chi connectivity index (χ3n) is 7.73. The molecule has 3 aliphatic rings. The fraction of sp³-hybridized carbons (Fsp3) is 0.520. The molecule has 1 aromatic carbocycles. The number of hydrogen-bond acceptors (Lipinski definition) is 5. The van der Waals surface area contributed by atoms with Gasteiger partial charge >= 0.3 is 6.18 Å². The number of rotatable bonds is 3. The van der Waals surface area contributed by atoms with Crippen molar-refractivity contribution in [3.8, 4) is 0 Å². The number of anilines is 1. The van der Waals surface area contributed by atoms with Crippen molar-refractivity contribution in [2.45, 2.75) is 51.4 Å². The zero-order valence-electron chi connectivity index (χ0n) is 19.8. The molecule has 4 heterocycles. The molecule has 0 N–H and O–H groups in total. The number of hydrogen-bond donors (Lipinski definition) is 0. The number of halogens is 4. The Morgan fingerprint density at radius 3 is 2.64 bits per heavy atom. The minimum Gasteiger partial charge on any atom is -0.370 e. The summed E-state index contributed by atoms with van der Waals surface area (Å²) in [5, 5.41) is 8.13. The number of aromatic nitrogens is 4. The van der Waals surface area contributed by atoms with Gasteiger partial charge in [-0.1, -0.05) is 19.1 Å². The maximum Gasteiger partial charge on any atom is 0.451 e. The van der Waals surface area contributed by atoms with Crippen molar-refractivity contribution in [2.24, 2.45) is 11.8 Å².